The number of ether oxygens (including phenoxy) is 2. The van der Waals surface area contributed by atoms with Crippen LogP contribution in [0.2, 0.25) is 5.02 Å². The number of benzene rings is 2. The predicted molar refractivity (Wildman–Crippen MR) is 130 cm³/mol. The van der Waals surface area contributed by atoms with Gasteiger partial charge < -0.3 is 14.4 Å². The molecule has 1 heterocycles. The van der Waals surface area contributed by atoms with Gasteiger partial charge in [0, 0.05) is 37.4 Å². The number of aromatic nitrogens is 1. The highest BCUT2D eigenvalue weighted by Crippen LogP contribution is 2.38. The minimum Gasteiger partial charge on any atom is -0.493 e. The average Bonchev–Trinajstić information content (AvgIpc) is 3.23. The van der Waals surface area contributed by atoms with Gasteiger partial charge in [-0.2, -0.15) is 0 Å². The minimum absolute atomic E-state index is 0.0554. The number of hydrogen-bond acceptors (Lipinski definition) is 8. The fraction of sp³-hybridized carbons (Fsp3) is 0.364. The van der Waals surface area contributed by atoms with Gasteiger partial charge in [0.05, 0.1) is 39.9 Å². The molecular weight excluding hydrogens is 468 g/mol. The predicted octanol–water partition coefficient (Wildman–Crippen LogP) is 4.86. The standard InChI is InChI=1S/C22H25ClN4O5S/c1-5-25(6-2)9-10-26(21(28)15-11-14(27(29)30)7-8-16(15)23)22-24-17-12-18(31-3)19(32-4)13-20(17)33-22/h7-8,11-13H,5-6,9-10H2,1-4H3. The average molecular weight is 493 g/mol. The van der Waals surface area contributed by atoms with E-state index in [0.717, 1.165) is 17.8 Å². The molecule has 33 heavy (non-hydrogen) atoms. The molecule has 0 spiro atoms. The summed E-state index contributed by atoms with van der Waals surface area (Å²) in [5.74, 6) is 0.640. The maximum atomic E-state index is 13.6. The Balaban J connectivity index is 2.07. The van der Waals surface area contributed by atoms with E-state index in [1.807, 2.05) is 19.9 Å². The molecule has 0 N–H and O–H groups in total. The second-order valence-electron chi connectivity index (χ2n) is 7.08. The van der Waals surface area contributed by atoms with E-state index in [2.05, 4.69) is 9.88 Å². The van der Waals surface area contributed by atoms with Gasteiger partial charge in [0.2, 0.25) is 0 Å². The largest absolute Gasteiger partial charge is 0.493 e. The van der Waals surface area contributed by atoms with E-state index in [4.69, 9.17) is 21.1 Å². The first kappa shape index (κ1) is 24.7. The normalized spacial score (nSPS) is 11.1. The van der Waals surface area contributed by atoms with Gasteiger partial charge in [-0.25, -0.2) is 4.98 Å². The number of amides is 1. The lowest BCUT2D eigenvalue weighted by atomic mass is 10.1. The number of halogens is 1. The molecule has 0 aliphatic rings. The molecular formula is C22H25ClN4O5S. The summed E-state index contributed by atoms with van der Waals surface area (Å²) < 4.78 is 11.6. The molecule has 9 nitrogen and oxygen atoms in total. The molecule has 0 fully saturated rings. The molecule has 1 aromatic heterocycles. The van der Waals surface area contributed by atoms with Crippen LogP contribution in [0.15, 0.2) is 30.3 Å². The molecule has 1 amide bonds. The second-order valence-corrected chi connectivity index (χ2v) is 8.49. The number of nitrogens with zero attached hydrogens (tertiary/aromatic N) is 4. The topological polar surface area (TPSA) is 98.0 Å². The first-order valence-corrected chi connectivity index (χ1v) is 11.5. The number of rotatable bonds is 10. The van der Waals surface area contributed by atoms with Crippen LogP contribution in [0.5, 0.6) is 11.5 Å². The third kappa shape index (κ3) is 5.35. The van der Waals surface area contributed by atoms with Gasteiger partial charge in [0.15, 0.2) is 16.6 Å². The third-order valence-electron chi connectivity index (χ3n) is 5.28. The number of carbonyl (C=O) groups excluding carboxylic acids is 1. The summed E-state index contributed by atoms with van der Waals surface area (Å²) >= 11 is 7.60. The summed E-state index contributed by atoms with van der Waals surface area (Å²) in [4.78, 5) is 32.6. The van der Waals surface area contributed by atoms with Crippen LogP contribution >= 0.6 is 22.9 Å². The summed E-state index contributed by atoms with van der Waals surface area (Å²) in [5, 5.41) is 11.9. The molecule has 0 atom stereocenters. The Morgan fingerprint density at radius 2 is 1.79 bits per heavy atom. The van der Waals surface area contributed by atoms with Gasteiger partial charge in [-0.05, 0) is 19.2 Å². The quantitative estimate of drug-likeness (QED) is 0.294. The minimum atomic E-state index is -0.552. The van der Waals surface area contributed by atoms with Gasteiger partial charge in [-0.3, -0.25) is 19.8 Å². The number of nitro groups is 1. The molecule has 3 rings (SSSR count). The van der Waals surface area contributed by atoms with Crippen molar-refractivity contribution in [2.24, 2.45) is 0 Å². The van der Waals surface area contributed by atoms with Crippen LogP contribution in [0.1, 0.15) is 24.2 Å². The van der Waals surface area contributed by atoms with E-state index >= 15 is 0 Å². The Hall–Kier alpha value is -2.95. The fourth-order valence-electron chi connectivity index (χ4n) is 3.36. The van der Waals surface area contributed by atoms with E-state index < -0.39 is 10.8 Å². The summed E-state index contributed by atoms with van der Waals surface area (Å²) in [6.07, 6.45) is 0. The fourth-order valence-corrected chi connectivity index (χ4v) is 4.56. The summed E-state index contributed by atoms with van der Waals surface area (Å²) in [7, 11) is 3.09. The SMILES string of the molecule is CCN(CC)CCN(C(=O)c1cc([N+](=O)[O-])ccc1Cl)c1nc2cc(OC)c(OC)cc2s1. The molecule has 0 aliphatic heterocycles. The number of fused-ring (bicyclic) bond motifs is 1. The van der Waals surface area contributed by atoms with Gasteiger partial charge >= 0.3 is 0 Å². The summed E-state index contributed by atoms with van der Waals surface area (Å²) in [6, 6.07) is 7.40. The number of thiazole rings is 1. The van der Waals surface area contributed by atoms with Crippen molar-refractivity contribution in [1.29, 1.82) is 0 Å². The molecule has 11 heteroatoms. The molecule has 0 aliphatic carbocycles. The highest BCUT2D eigenvalue weighted by atomic mass is 35.5. The molecule has 0 saturated heterocycles. The molecule has 0 saturated carbocycles. The number of methoxy groups -OCH3 is 2. The lowest BCUT2D eigenvalue weighted by Crippen LogP contribution is -2.39. The number of non-ortho nitro benzene ring substituents is 1. The zero-order chi connectivity index (χ0) is 24.1. The van der Waals surface area contributed by atoms with Gasteiger partial charge in [-0.15, -0.1) is 0 Å². The maximum absolute atomic E-state index is 13.6. The van der Waals surface area contributed by atoms with Crippen molar-refractivity contribution in [2.45, 2.75) is 13.8 Å². The van der Waals surface area contributed by atoms with Gasteiger partial charge in [-0.1, -0.05) is 36.8 Å². The van der Waals surface area contributed by atoms with Crippen LogP contribution in [0.25, 0.3) is 10.2 Å². The lowest BCUT2D eigenvalue weighted by molar-refractivity contribution is -0.384. The summed E-state index contributed by atoms with van der Waals surface area (Å²) in [6.45, 7) is 6.68. The van der Waals surface area contributed by atoms with Crippen LogP contribution < -0.4 is 14.4 Å². The Labute approximate surface area is 200 Å². The van der Waals surface area contributed by atoms with Crippen LogP contribution in [-0.2, 0) is 0 Å². The van der Waals surface area contributed by atoms with E-state index in [0.29, 0.717) is 35.2 Å². The van der Waals surface area contributed by atoms with Crippen molar-refractivity contribution in [1.82, 2.24) is 9.88 Å². The van der Waals surface area contributed by atoms with Gasteiger partial charge in [0.25, 0.3) is 11.6 Å². The van der Waals surface area contributed by atoms with Crippen LogP contribution in [0, 0.1) is 10.1 Å². The van der Waals surface area contributed by atoms with Crippen molar-refractivity contribution < 1.29 is 19.2 Å². The van der Waals surface area contributed by atoms with Gasteiger partial charge in [0.1, 0.15) is 0 Å². The van der Waals surface area contributed by atoms with Crippen LogP contribution in [0.4, 0.5) is 10.8 Å². The molecule has 3 aromatic rings. The number of nitro benzene ring substituents is 1. The second kappa shape index (κ2) is 10.8. The van der Waals surface area contributed by atoms with Crippen molar-refractivity contribution in [3.05, 3.63) is 51.0 Å². The van der Waals surface area contributed by atoms with Crippen molar-refractivity contribution in [3.8, 4) is 11.5 Å². The highest BCUT2D eigenvalue weighted by Gasteiger charge is 2.26. The van der Waals surface area contributed by atoms with Crippen LogP contribution in [0.3, 0.4) is 0 Å². The van der Waals surface area contributed by atoms with Crippen molar-refractivity contribution >= 4 is 49.9 Å². The lowest BCUT2D eigenvalue weighted by Gasteiger charge is -2.25. The van der Waals surface area contributed by atoms with Crippen molar-refractivity contribution in [3.63, 3.8) is 0 Å². The molecule has 0 unspecified atom stereocenters. The first-order valence-electron chi connectivity index (χ1n) is 10.3. The number of anilines is 1. The Bertz CT molecular complexity index is 1120. The zero-order valence-corrected chi connectivity index (χ0v) is 20.4. The van der Waals surface area contributed by atoms with Crippen molar-refractivity contribution in [2.75, 3.05) is 45.3 Å². The van der Waals surface area contributed by atoms with E-state index in [9.17, 15) is 14.9 Å². The molecule has 0 bridgehead atoms. The van der Waals surface area contributed by atoms with E-state index in [-0.39, 0.29) is 16.3 Å². The number of likely N-dealkylation sites (N-methyl/N-ethyl adjacent to an activating group) is 1. The Morgan fingerprint density at radius 3 is 2.39 bits per heavy atom. The molecule has 2 aromatic carbocycles. The molecule has 0 radical (unpaired) electrons. The summed E-state index contributed by atoms with van der Waals surface area (Å²) in [5.41, 5.74) is 0.503. The Morgan fingerprint density at radius 1 is 1.12 bits per heavy atom. The number of carbonyl (C=O) groups is 1. The first-order chi connectivity index (χ1) is 15.8. The number of hydrogen-bond donors (Lipinski definition) is 0. The smallest absolute Gasteiger partial charge is 0.270 e. The van der Waals surface area contributed by atoms with Crippen LogP contribution in [-0.4, -0.2) is 61.1 Å². The monoisotopic (exact) mass is 492 g/mol. The highest BCUT2D eigenvalue weighted by molar-refractivity contribution is 7.22. The molecule has 176 valence electrons. The Kier molecular flexibility index (Phi) is 8.06. The maximum Gasteiger partial charge on any atom is 0.270 e. The third-order valence-corrected chi connectivity index (χ3v) is 6.65. The van der Waals surface area contributed by atoms with E-state index in [1.54, 1.807) is 20.3 Å². The zero-order valence-electron chi connectivity index (χ0n) is 18.8. The van der Waals surface area contributed by atoms with E-state index in [1.165, 1.54) is 34.4 Å².